The van der Waals surface area contributed by atoms with Crippen molar-refractivity contribution in [2.75, 3.05) is 33.2 Å². The van der Waals surface area contributed by atoms with Crippen LogP contribution in [-0.4, -0.2) is 53.3 Å². The zero-order valence-electron chi connectivity index (χ0n) is 10.1. The van der Waals surface area contributed by atoms with Gasteiger partial charge in [-0.05, 0) is 13.1 Å². The van der Waals surface area contributed by atoms with Crippen molar-refractivity contribution in [2.45, 2.75) is 6.54 Å². The van der Waals surface area contributed by atoms with Crippen molar-refractivity contribution >= 4 is 0 Å². The number of hydrazine groups is 1. The van der Waals surface area contributed by atoms with Crippen LogP contribution in [0.3, 0.4) is 0 Å². The van der Waals surface area contributed by atoms with Crippen LogP contribution in [0.4, 0.5) is 0 Å². The highest BCUT2D eigenvalue weighted by Gasteiger charge is 2.14. The van der Waals surface area contributed by atoms with Crippen molar-refractivity contribution in [3.8, 4) is 11.5 Å². The minimum absolute atomic E-state index is 0.0332. The largest absolute Gasteiger partial charge is 0.504 e. The molecule has 1 fully saturated rings. The van der Waals surface area contributed by atoms with Crippen molar-refractivity contribution in [2.24, 2.45) is 0 Å². The van der Waals surface area contributed by atoms with Gasteiger partial charge in [0.2, 0.25) is 0 Å². The second kappa shape index (κ2) is 5.35. The Bertz CT molecular complexity index is 376. The molecular weight excluding hydrogens is 218 g/mol. The number of hydrogen-bond donors (Lipinski definition) is 3. The average Bonchev–Trinajstić information content (AvgIpc) is 2.33. The fourth-order valence-corrected chi connectivity index (χ4v) is 1.88. The number of benzene rings is 1. The second-order valence-electron chi connectivity index (χ2n) is 4.41. The predicted molar refractivity (Wildman–Crippen MR) is 65.7 cm³/mol. The predicted octanol–water partition coefficient (Wildman–Crippen LogP) is 0.350. The van der Waals surface area contributed by atoms with Crippen LogP contribution in [0.25, 0.3) is 0 Å². The summed E-state index contributed by atoms with van der Waals surface area (Å²) in [6.45, 7) is 4.55. The van der Waals surface area contributed by atoms with Crippen LogP contribution in [0.2, 0.25) is 0 Å². The van der Waals surface area contributed by atoms with Gasteiger partial charge in [0, 0.05) is 38.3 Å². The summed E-state index contributed by atoms with van der Waals surface area (Å²) < 4.78 is 0. The summed E-state index contributed by atoms with van der Waals surface area (Å²) in [6, 6.07) is 5.02. The van der Waals surface area contributed by atoms with Crippen LogP contribution >= 0.6 is 0 Å². The van der Waals surface area contributed by atoms with Crippen LogP contribution < -0.4 is 5.43 Å². The molecule has 1 aliphatic heterocycles. The van der Waals surface area contributed by atoms with Gasteiger partial charge in [-0.25, -0.2) is 5.01 Å². The molecule has 5 heteroatoms. The van der Waals surface area contributed by atoms with E-state index >= 15 is 0 Å². The Kier molecular flexibility index (Phi) is 3.83. The molecule has 0 spiro atoms. The average molecular weight is 237 g/mol. The summed E-state index contributed by atoms with van der Waals surface area (Å²) in [5, 5.41) is 21.2. The summed E-state index contributed by atoms with van der Waals surface area (Å²) in [6.07, 6.45) is 0. The molecule has 1 aromatic rings. The first kappa shape index (κ1) is 12.2. The van der Waals surface area contributed by atoms with Gasteiger partial charge in [-0.15, -0.1) is 0 Å². The number of piperazine rings is 1. The highest BCUT2D eigenvalue weighted by Crippen LogP contribution is 2.27. The lowest BCUT2D eigenvalue weighted by Gasteiger charge is -2.32. The number of hydrogen-bond acceptors (Lipinski definition) is 5. The van der Waals surface area contributed by atoms with Crippen molar-refractivity contribution < 1.29 is 10.2 Å². The van der Waals surface area contributed by atoms with Crippen LogP contribution in [0, 0.1) is 0 Å². The first-order valence-corrected chi connectivity index (χ1v) is 5.83. The minimum atomic E-state index is -0.0670. The molecule has 0 aromatic heterocycles. The number of aromatic hydroxyl groups is 2. The van der Waals surface area contributed by atoms with E-state index in [0.29, 0.717) is 12.1 Å². The van der Waals surface area contributed by atoms with E-state index < -0.39 is 0 Å². The topological polar surface area (TPSA) is 59.0 Å². The van der Waals surface area contributed by atoms with E-state index in [-0.39, 0.29) is 11.5 Å². The third kappa shape index (κ3) is 3.09. The molecule has 1 aromatic carbocycles. The zero-order chi connectivity index (χ0) is 12.3. The van der Waals surface area contributed by atoms with Crippen LogP contribution in [-0.2, 0) is 6.54 Å². The van der Waals surface area contributed by atoms with Gasteiger partial charge in [0.05, 0.1) is 0 Å². The van der Waals surface area contributed by atoms with Gasteiger partial charge in [0.1, 0.15) is 0 Å². The van der Waals surface area contributed by atoms with Gasteiger partial charge in [0.25, 0.3) is 0 Å². The lowest BCUT2D eigenvalue weighted by molar-refractivity contribution is 0.102. The lowest BCUT2D eigenvalue weighted by atomic mass is 10.2. The van der Waals surface area contributed by atoms with Gasteiger partial charge < -0.3 is 15.1 Å². The molecular formula is C12H19N3O2. The zero-order valence-corrected chi connectivity index (χ0v) is 10.1. The van der Waals surface area contributed by atoms with E-state index in [0.717, 1.165) is 26.2 Å². The Balaban J connectivity index is 1.87. The second-order valence-corrected chi connectivity index (χ2v) is 4.41. The van der Waals surface area contributed by atoms with Crippen LogP contribution in [0.5, 0.6) is 11.5 Å². The number of rotatable bonds is 3. The van der Waals surface area contributed by atoms with E-state index in [1.807, 2.05) is 0 Å². The first-order chi connectivity index (χ1) is 8.16. The van der Waals surface area contributed by atoms with Gasteiger partial charge in [-0.1, -0.05) is 12.1 Å². The highest BCUT2D eigenvalue weighted by atomic mass is 16.3. The quantitative estimate of drug-likeness (QED) is 0.662. The summed E-state index contributed by atoms with van der Waals surface area (Å²) in [7, 11) is 2.11. The van der Waals surface area contributed by atoms with Crippen molar-refractivity contribution in [1.82, 2.24) is 15.3 Å². The molecule has 1 saturated heterocycles. The molecule has 5 nitrogen and oxygen atoms in total. The monoisotopic (exact) mass is 237 g/mol. The molecule has 0 saturated carbocycles. The van der Waals surface area contributed by atoms with Gasteiger partial charge in [-0.3, -0.25) is 5.43 Å². The summed E-state index contributed by atoms with van der Waals surface area (Å²) in [5.41, 5.74) is 3.97. The molecule has 94 valence electrons. The number of nitrogens with zero attached hydrogens (tertiary/aromatic N) is 2. The third-order valence-corrected chi connectivity index (χ3v) is 3.09. The SMILES string of the molecule is CN1CCN(NCc2cccc(O)c2O)CC1. The molecule has 0 bridgehead atoms. The molecule has 0 radical (unpaired) electrons. The number of likely N-dealkylation sites (N-methyl/N-ethyl adjacent to an activating group) is 1. The maximum Gasteiger partial charge on any atom is 0.162 e. The summed E-state index contributed by atoms with van der Waals surface area (Å²) >= 11 is 0. The van der Waals surface area contributed by atoms with Gasteiger partial charge in [0.15, 0.2) is 11.5 Å². The third-order valence-electron chi connectivity index (χ3n) is 3.09. The Morgan fingerprint density at radius 3 is 2.59 bits per heavy atom. The fourth-order valence-electron chi connectivity index (χ4n) is 1.88. The first-order valence-electron chi connectivity index (χ1n) is 5.83. The Morgan fingerprint density at radius 2 is 1.88 bits per heavy atom. The number of phenols is 2. The lowest BCUT2D eigenvalue weighted by Crippen LogP contribution is -2.50. The van der Waals surface area contributed by atoms with E-state index in [9.17, 15) is 10.2 Å². The van der Waals surface area contributed by atoms with E-state index in [2.05, 4.69) is 22.4 Å². The van der Waals surface area contributed by atoms with Crippen LogP contribution in [0.15, 0.2) is 18.2 Å². The molecule has 3 N–H and O–H groups in total. The van der Waals surface area contributed by atoms with Crippen LogP contribution in [0.1, 0.15) is 5.56 Å². The highest BCUT2D eigenvalue weighted by molar-refractivity contribution is 5.44. The van der Waals surface area contributed by atoms with Crippen molar-refractivity contribution in [1.29, 1.82) is 0 Å². The van der Waals surface area contributed by atoms with Gasteiger partial charge in [-0.2, -0.15) is 0 Å². The van der Waals surface area contributed by atoms with Gasteiger partial charge >= 0.3 is 0 Å². The van der Waals surface area contributed by atoms with E-state index in [1.54, 1.807) is 12.1 Å². The smallest absolute Gasteiger partial charge is 0.162 e. The molecule has 0 aliphatic carbocycles. The Morgan fingerprint density at radius 1 is 1.18 bits per heavy atom. The molecule has 1 heterocycles. The number of para-hydroxylation sites is 1. The van der Waals surface area contributed by atoms with Crippen molar-refractivity contribution in [3.05, 3.63) is 23.8 Å². The summed E-state index contributed by atoms with van der Waals surface area (Å²) in [4.78, 5) is 2.28. The Hall–Kier alpha value is -1.30. The summed E-state index contributed by atoms with van der Waals surface area (Å²) in [5.74, 6) is -0.100. The normalized spacial score (nSPS) is 18.4. The van der Waals surface area contributed by atoms with Crippen molar-refractivity contribution in [3.63, 3.8) is 0 Å². The molecule has 0 amide bonds. The molecule has 0 atom stereocenters. The molecule has 0 unspecified atom stereocenters. The van der Waals surface area contributed by atoms with E-state index in [4.69, 9.17) is 0 Å². The maximum atomic E-state index is 9.65. The molecule has 2 rings (SSSR count). The molecule has 1 aliphatic rings. The maximum absolute atomic E-state index is 9.65. The van der Waals surface area contributed by atoms with E-state index in [1.165, 1.54) is 6.07 Å². The standard InChI is InChI=1S/C12H19N3O2/c1-14-5-7-15(8-6-14)13-9-10-3-2-4-11(16)12(10)17/h2-4,13,16-17H,5-9H2,1H3. The molecule has 17 heavy (non-hydrogen) atoms. The number of phenolic OH excluding ortho intramolecular Hbond substituents is 2. The fraction of sp³-hybridized carbons (Fsp3) is 0.500. The Labute approximate surface area is 101 Å². The minimum Gasteiger partial charge on any atom is -0.504 e. The number of nitrogens with one attached hydrogen (secondary N) is 1.